The van der Waals surface area contributed by atoms with Crippen molar-refractivity contribution >= 4 is 11.9 Å². The van der Waals surface area contributed by atoms with Crippen LogP contribution in [-0.2, 0) is 19.1 Å². The normalized spacial score (nSPS) is 39.8. The summed E-state index contributed by atoms with van der Waals surface area (Å²) in [7, 11) is 0. The molecule has 1 heterocycles. The fourth-order valence-corrected chi connectivity index (χ4v) is 4.51. The average Bonchev–Trinajstić information content (AvgIpc) is 2.98. The number of hydrogen-bond acceptors (Lipinski definition) is 4. The molecule has 0 spiro atoms. The van der Waals surface area contributed by atoms with E-state index in [0.717, 1.165) is 19.3 Å². The van der Waals surface area contributed by atoms with Gasteiger partial charge in [-0.1, -0.05) is 13.8 Å². The lowest BCUT2D eigenvalue weighted by molar-refractivity contribution is -0.173. The Balaban J connectivity index is 1.76. The number of ether oxygens (including phenoxy) is 2. The minimum atomic E-state index is -0.555. The van der Waals surface area contributed by atoms with Crippen molar-refractivity contribution < 1.29 is 19.1 Å². The second kappa shape index (κ2) is 4.47. The van der Waals surface area contributed by atoms with Crippen molar-refractivity contribution in [3.8, 4) is 0 Å². The zero-order valence-corrected chi connectivity index (χ0v) is 12.7. The molecular formula is C16H24O4. The van der Waals surface area contributed by atoms with Crippen molar-refractivity contribution in [2.45, 2.75) is 58.7 Å². The first-order valence-corrected chi connectivity index (χ1v) is 7.78. The number of carbonyl (C=O) groups is 2. The van der Waals surface area contributed by atoms with E-state index >= 15 is 0 Å². The van der Waals surface area contributed by atoms with Crippen LogP contribution in [0.5, 0.6) is 0 Å². The van der Waals surface area contributed by atoms with Gasteiger partial charge in [0, 0.05) is 11.8 Å². The first-order chi connectivity index (χ1) is 9.35. The Morgan fingerprint density at radius 3 is 2.80 bits per heavy atom. The molecule has 4 heteroatoms. The van der Waals surface area contributed by atoms with Gasteiger partial charge in [0.15, 0.2) is 0 Å². The SMILES string of the molecule is CCC(C)C(=O)OC(C)(C)C1C2CC3C(=O)OC1C3C2. The highest BCUT2D eigenvalue weighted by Gasteiger charge is 2.65. The van der Waals surface area contributed by atoms with Crippen LogP contribution in [0.2, 0.25) is 0 Å². The summed E-state index contributed by atoms with van der Waals surface area (Å²) < 4.78 is 11.4. The van der Waals surface area contributed by atoms with Crippen molar-refractivity contribution in [1.82, 2.24) is 0 Å². The van der Waals surface area contributed by atoms with E-state index in [-0.39, 0.29) is 35.8 Å². The number of fused-ring (bicyclic) bond motifs is 1. The van der Waals surface area contributed by atoms with Crippen LogP contribution in [0.3, 0.4) is 0 Å². The first-order valence-electron chi connectivity index (χ1n) is 7.78. The molecule has 0 amide bonds. The molecule has 0 N–H and O–H groups in total. The lowest BCUT2D eigenvalue weighted by atomic mass is 9.74. The molecule has 6 unspecified atom stereocenters. The molecule has 112 valence electrons. The van der Waals surface area contributed by atoms with Gasteiger partial charge in [-0.3, -0.25) is 9.59 Å². The molecule has 0 radical (unpaired) electrons. The summed E-state index contributed by atoms with van der Waals surface area (Å²) in [5.41, 5.74) is -0.555. The lowest BCUT2D eigenvalue weighted by Crippen LogP contribution is -2.46. The molecule has 1 aliphatic heterocycles. The monoisotopic (exact) mass is 280 g/mol. The molecule has 1 saturated heterocycles. The van der Waals surface area contributed by atoms with E-state index in [1.807, 2.05) is 27.7 Å². The van der Waals surface area contributed by atoms with E-state index in [1.54, 1.807) is 0 Å². The highest BCUT2D eigenvalue weighted by Crippen LogP contribution is 2.60. The van der Waals surface area contributed by atoms with Crippen LogP contribution in [0.15, 0.2) is 0 Å². The maximum atomic E-state index is 12.1. The van der Waals surface area contributed by atoms with Gasteiger partial charge in [-0.05, 0) is 39.0 Å². The minimum Gasteiger partial charge on any atom is -0.461 e. The molecule has 3 fully saturated rings. The van der Waals surface area contributed by atoms with Gasteiger partial charge < -0.3 is 9.47 Å². The Morgan fingerprint density at radius 1 is 1.45 bits per heavy atom. The van der Waals surface area contributed by atoms with Crippen LogP contribution in [0.4, 0.5) is 0 Å². The van der Waals surface area contributed by atoms with Crippen LogP contribution in [0.1, 0.15) is 47.0 Å². The zero-order valence-electron chi connectivity index (χ0n) is 12.7. The number of rotatable bonds is 4. The maximum Gasteiger partial charge on any atom is 0.309 e. The second-order valence-electron chi connectivity index (χ2n) is 7.26. The van der Waals surface area contributed by atoms with Gasteiger partial charge in [0.05, 0.1) is 11.8 Å². The van der Waals surface area contributed by atoms with Gasteiger partial charge in [-0.25, -0.2) is 0 Å². The standard InChI is InChI=1S/C16H24O4/c1-5-8(2)14(17)20-16(3,4)12-9-6-10-11(7-9)15(18)19-13(10)12/h8-13H,5-7H2,1-4H3. The smallest absolute Gasteiger partial charge is 0.309 e. The molecular weight excluding hydrogens is 256 g/mol. The largest absolute Gasteiger partial charge is 0.461 e. The van der Waals surface area contributed by atoms with Gasteiger partial charge in [-0.15, -0.1) is 0 Å². The number of esters is 2. The average molecular weight is 280 g/mol. The van der Waals surface area contributed by atoms with E-state index < -0.39 is 5.60 Å². The Hall–Kier alpha value is -1.06. The summed E-state index contributed by atoms with van der Waals surface area (Å²) in [6.07, 6.45) is 2.71. The third-order valence-electron chi connectivity index (χ3n) is 5.67. The van der Waals surface area contributed by atoms with Gasteiger partial charge in [0.25, 0.3) is 0 Å². The first kappa shape index (κ1) is 13.9. The van der Waals surface area contributed by atoms with Crippen LogP contribution in [0.25, 0.3) is 0 Å². The van der Waals surface area contributed by atoms with E-state index in [9.17, 15) is 9.59 Å². The topological polar surface area (TPSA) is 52.6 Å². The molecule has 4 nitrogen and oxygen atoms in total. The summed E-state index contributed by atoms with van der Waals surface area (Å²) in [6.45, 7) is 7.82. The molecule has 0 aromatic heterocycles. The molecule has 2 bridgehead atoms. The molecule has 6 atom stereocenters. The van der Waals surface area contributed by atoms with Crippen LogP contribution < -0.4 is 0 Å². The summed E-state index contributed by atoms with van der Waals surface area (Å²) in [6, 6.07) is 0. The summed E-state index contributed by atoms with van der Waals surface area (Å²) in [5, 5.41) is 0. The molecule has 2 aliphatic carbocycles. The van der Waals surface area contributed by atoms with E-state index in [1.165, 1.54) is 0 Å². The zero-order chi connectivity index (χ0) is 14.7. The predicted octanol–water partition coefficient (Wildman–Crippen LogP) is 2.55. The quantitative estimate of drug-likeness (QED) is 0.743. The third-order valence-corrected chi connectivity index (χ3v) is 5.67. The molecule has 0 aromatic rings. The Kier molecular flexibility index (Phi) is 3.11. The summed E-state index contributed by atoms with van der Waals surface area (Å²) >= 11 is 0. The van der Waals surface area contributed by atoms with Crippen molar-refractivity contribution in [3.63, 3.8) is 0 Å². The number of hydrogen-bond donors (Lipinski definition) is 0. The van der Waals surface area contributed by atoms with Gasteiger partial charge >= 0.3 is 11.9 Å². The van der Waals surface area contributed by atoms with Crippen LogP contribution in [-0.4, -0.2) is 23.6 Å². The highest BCUT2D eigenvalue weighted by atomic mass is 16.6. The van der Waals surface area contributed by atoms with E-state index in [0.29, 0.717) is 11.8 Å². The van der Waals surface area contributed by atoms with Crippen molar-refractivity contribution in [2.75, 3.05) is 0 Å². The molecule has 0 aromatic carbocycles. The second-order valence-corrected chi connectivity index (χ2v) is 7.26. The third kappa shape index (κ3) is 1.87. The maximum absolute atomic E-state index is 12.1. The van der Waals surface area contributed by atoms with E-state index in [4.69, 9.17) is 9.47 Å². The molecule has 20 heavy (non-hydrogen) atoms. The fourth-order valence-electron chi connectivity index (χ4n) is 4.51. The van der Waals surface area contributed by atoms with Crippen molar-refractivity contribution in [2.24, 2.45) is 29.6 Å². The van der Waals surface area contributed by atoms with Gasteiger partial charge in [-0.2, -0.15) is 0 Å². The van der Waals surface area contributed by atoms with Crippen LogP contribution >= 0.6 is 0 Å². The molecule has 2 saturated carbocycles. The van der Waals surface area contributed by atoms with Gasteiger partial charge in [0.2, 0.25) is 0 Å². The molecule has 3 rings (SSSR count). The lowest BCUT2D eigenvalue weighted by Gasteiger charge is -2.39. The van der Waals surface area contributed by atoms with E-state index in [2.05, 4.69) is 0 Å². The van der Waals surface area contributed by atoms with Crippen molar-refractivity contribution in [1.29, 1.82) is 0 Å². The Labute approximate surface area is 120 Å². The van der Waals surface area contributed by atoms with Crippen molar-refractivity contribution in [3.05, 3.63) is 0 Å². The van der Waals surface area contributed by atoms with Gasteiger partial charge in [0.1, 0.15) is 11.7 Å². The Morgan fingerprint density at radius 2 is 2.15 bits per heavy atom. The Bertz CT molecular complexity index is 442. The molecule has 3 aliphatic rings. The summed E-state index contributed by atoms with van der Waals surface area (Å²) in [5.74, 6) is 0.840. The fraction of sp³-hybridized carbons (Fsp3) is 0.875. The summed E-state index contributed by atoms with van der Waals surface area (Å²) in [4.78, 5) is 23.9. The predicted molar refractivity (Wildman–Crippen MR) is 72.7 cm³/mol. The minimum absolute atomic E-state index is 0.0333. The highest BCUT2D eigenvalue weighted by molar-refractivity contribution is 5.77. The van der Waals surface area contributed by atoms with Crippen LogP contribution in [0, 0.1) is 29.6 Å². The number of carbonyl (C=O) groups excluding carboxylic acids is 2.